The molecule has 0 fully saturated rings. The third-order valence-corrected chi connectivity index (χ3v) is 3.50. The van der Waals surface area contributed by atoms with E-state index in [0.29, 0.717) is 16.9 Å². The van der Waals surface area contributed by atoms with E-state index in [2.05, 4.69) is 0 Å². The highest BCUT2D eigenvalue weighted by Crippen LogP contribution is 2.36. The Labute approximate surface area is 116 Å². The summed E-state index contributed by atoms with van der Waals surface area (Å²) < 4.78 is 0. The van der Waals surface area contributed by atoms with Gasteiger partial charge in [0.25, 0.3) is 0 Å². The standard InChI is InChI=1S/C16H14N2O2/c1-10-6-7-14-12(8-10)15(19)9-11-4-2-3-5-13(11)18(14)16(17)20/h2-8H,9H2,1H3,(H2,17,20). The summed E-state index contributed by atoms with van der Waals surface area (Å²) in [6.45, 7) is 1.92. The fourth-order valence-electron chi connectivity index (χ4n) is 2.58. The summed E-state index contributed by atoms with van der Waals surface area (Å²) in [6.07, 6.45) is 0.274. The van der Waals surface area contributed by atoms with E-state index < -0.39 is 6.03 Å². The molecule has 3 rings (SSSR count). The van der Waals surface area contributed by atoms with Gasteiger partial charge < -0.3 is 5.73 Å². The number of rotatable bonds is 0. The molecule has 0 atom stereocenters. The van der Waals surface area contributed by atoms with Crippen LogP contribution in [0, 0.1) is 6.92 Å². The summed E-state index contributed by atoms with van der Waals surface area (Å²) in [6, 6.07) is 12.2. The molecule has 2 amide bonds. The van der Waals surface area contributed by atoms with Crippen LogP contribution in [0.1, 0.15) is 21.5 Å². The molecule has 0 aromatic heterocycles. The number of ketones is 1. The molecular formula is C16H14N2O2. The van der Waals surface area contributed by atoms with Crippen LogP contribution in [0.5, 0.6) is 0 Å². The Morgan fingerprint density at radius 3 is 2.65 bits per heavy atom. The van der Waals surface area contributed by atoms with E-state index in [9.17, 15) is 9.59 Å². The average molecular weight is 266 g/mol. The first-order valence-corrected chi connectivity index (χ1v) is 6.39. The van der Waals surface area contributed by atoms with E-state index >= 15 is 0 Å². The Morgan fingerprint density at radius 2 is 1.90 bits per heavy atom. The van der Waals surface area contributed by atoms with Crippen molar-refractivity contribution in [2.24, 2.45) is 5.73 Å². The number of carbonyl (C=O) groups is 2. The second-order valence-corrected chi connectivity index (χ2v) is 4.92. The van der Waals surface area contributed by atoms with E-state index in [4.69, 9.17) is 5.73 Å². The number of hydrogen-bond acceptors (Lipinski definition) is 2. The van der Waals surface area contributed by atoms with Crippen molar-refractivity contribution in [3.63, 3.8) is 0 Å². The van der Waals surface area contributed by atoms with Crippen LogP contribution in [0.3, 0.4) is 0 Å². The Bertz CT molecular complexity index is 722. The average Bonchev–Trinajstić information content (AvgIpc) is 2.53. The monoisotopic (exact) mass is 266 g/mol. The van der Waals surface area contributed by atoms with Gasteiger partial charge in [0, 0.05) is 12.0 Å². The number of para-hydroxylation sites is 1. The van der Waals surface area contributed by atoms with Crippen molar-refractivity contribution in [1.29, 1.82) is 0 Å². The van der Waals surface area contributed by atoms with Crippen LogP contribution in [0.25, 0.3) is 0 Å². The van der Waals surface area contributed by atoms with Gasteiger partial charge in [-0.05, 0) is 30.7 Å². The van der Waals surface area contributed by atoms with Gasteiger partial charge in [0.2, 0.25) is 0 Å². The summed E-state index contributed by atoms with van der Waals surface area (Å²) in [4.78, 5) is 25.7. The minimum atomic E-state index is -0.586. The number of primary amides is 1. The van der Waals surface area contributed by atoms with Crippen molar-refractivity contribution in [3.8, 4) is 0 Å². The molecular weight excluding hydrogens is 252 g/mol. The van der Waals surface area contributed by atoms with Crippen molar-refractivity contribution in [3.05, 3.63) is 59.2 Å². The van der Waals surface area contributed by atoms with Crippen molar-refractivity contribution in [1.82, 2.24) is 0 Å². The Morgan fingerprint density at radius 1 is 1.15 bits per heavy atom. The molecule has 0 saturated heterocycles. The van der Waals surface area contributed by atoms with Gasteiger partial charge in [0.15, 0.2) is 5.78 Å². The maximum Gasteiger partial charge on any atom is 0.323 e. The first-order chi connectivity index (χ1) is 9.58. The number of urea groups is 1. The predicted molar refractivity (Wildman–Crippen MR) is 77.4 cm³/mol. The SMILES string of the molecule is Cc1ccc2c(c1)C(=O)Cc1ccccc1N2C(N)=O. The van der Waals surface area contributed by atoms with Crippen molar-refractivity contribution in [2.75, 3.05) is 4.90 Å². The zero-order chi connectivity index (χ0) is 14.3. The minimum absolute atomic E-state index is 0.0000926. The van der Waals surface area contributed by atoms with E-state index in [0.717, 1.165) is 11.1 Å². The molecule has 2 N–H and O–H groups in total. The van der Waals surface area contributed by atoms with Crippen LogP contribution in [-0.2, 0) is 6.42 Å². The Kier molecular flexibility index (Phi) is 2.79. The molecule has 4 heteroatoms. The Balaban J connectivity index is 2.32. The van der Waals surface area contributed by atoms with Gasteiger partial charge >= 0.3 is 6.03 Å². The molecule has 1 heterocycles. The number of Topliss-reactive ketones (excluding diaryl/α,β-unsaturated/α-hetero) is 1. The van der Waals surface area contributed by atoms with Crippen molar-refractivity contribution in [2.45, 2.75) is 13.3 Å². The van der Waals surface area contributed by atoms with Gasteiger partial charge in [-0.15, -0.1) is 0 Å². The molecule has 0 bridgehead atoms. The predicted octanol–water partition coefficient (Wildman–Crippen LogP) is 2.95. The summed E-state index contributed by atoms with van der Waals surface area (Å²) >= 11 is 0. The summed E-state index contributed by atoms with van der Waals surface area (Å²) in [5, 5.41) is 0. The smallest absolute Gasteiger partial charge is 0.323 e. The second kappa shape index (κ2) is 4.49. The highest BCUT2D eigenvalue weighted by Gasteiger charge is 2.27. The highest BCUT2D eigenvalue weighted by molar-refractivity contribution is 6.11. The molecule has 0 aliphatic carbocycles. The van der Waals surface area contributed by atoms with Crippen LogP contribution in [0.15, 0.2) is 42.5 Å². The molecule has 20 heavy (non-hydrogen) atoms. The molecule has 0 radical (unpaired) electrons. The third kappa shape index (κ3) is 1.86. The fourth-order valence-corrected chi connectivity index (χ4v) is 2.58. The number of nitrogens with zero attached hydrogens (tertiary/aromatic N) is 1. The maximum atomic E-state index is 12.4. The number of hydrogen-bond donors (Lipinski definition) is 1. The van der Waals surface area contributed by atoms with Crippen molar-refractivity contribution < 1.29 is 9.59 Å². The van der Waals surface area contributed by atoms with Gasteiger partial charge in [0.1, 0.15) is 0 Å². The van der Waals surface area contributed by atoms with Crippen LogP contribution in [0.2, 0.25) is 0 Å². The lowest BCUT2D eigenvalue weighted by molar-refractivity contribution is 0.0994. The number of nitrogens with two attached hydrogens (primary N) is 1. The van der Waals surface area contributed by atoms with E-state index in [1.165, 1.54) is 4.90 Å². The topological polar surface area (TPSA) is 63.4 Å². The lowest BCUT2D eigenvalue weighted by atomic mass is 10.0. The lowest BCUT2D eigenvalue weighted by Gasteiger charge is -2.22. The first-order valence-electron chi connectivity index (χ1n) is 6.39. The molecule has 2 aromatic carbocycles. The largest absolute Gasteiger partial charge is 0.351 e. The molecule has 2 aromatic rings. The highest BCUT2D eigenvalue weighted by atomic mass is 16.2. The summed E-state index contributed by atoms with van der Waals surface area (Å²) in [7, 11) is 0. The first kappa shape index (κ1) is 12.4. The normalized spacial score (nSPS) is 13.4. The molecule has 1 aliphatic heterocycles. The van der Waals surface area contributed by atoms with Gasteiger partial charge in [-0.2, -0.15) is 0 Å². The van der Waals surface area contributed by atoms with Gasteiger partial charge in [-0.1, -0.05) is 29.8 Å². The number of fused-ring (bicyclic) bond motifs is 2. The van der Waals surface area contributed by atoms with Gasteiger partial charge in [-0.3, -0.25) is 9.69 Å². The number of amides is 2. The number of carbonyl (C=O) groups excluding carboxylic acids is 2. The third-order valence-electron chi connectivity index (χ3n) is 3.50. The number of anilines is 2. The second-order valence-electron chi connectivity index (χ2n) is 4.92. The number of aryl methyl sites for hydroxylation is 1. The van der Waals surface area contributed by atoms with E-state index in [1.54, 1.807) is 12.1 Å². The van der Waals surface area contributed by atoms with E-state index in [-0.39, 0.29) is 12.2 Å². The molecule has 1 aliphatic rings. The van der Waals surface area contributed by atoms with Crippen LogP contribution < -0.4 is 10.6 Å². The van der Waals surface area contributed by atoms with Crippen LogP contribution in [0.4, 0.5) is 16.2 Å². The number of benzene rings is 2. The quantitative estimate of drug-likeness (QED) is 0.796. The van der Waals surface area contributed by atoms with Gasteiger partial charge in [0.05, 0.1) is 11.4 Å². The lowest BCUT2D eigenvalue weighted by Crippen LogP contribution is -2.32. The summed E-state index contributed by atoms with van der Waals surface area (Å²) in [5.74, 6) is -0.0000926. The molecule has 0 spiro atoms. The van der Waals surface area contributed by atoms with E-state index in [1.807, 2.05) is 37.3 Å². The molecule has 100 valence electrons. The fraction of sp³-hybridized carbons (Fsp3) is 0.125. The van der Waals surface area contributed by atoms with Crippen LogP contribution in [-0.4, -0.2) is 11.8 Å². The van der Waals surface area contributed by atoms with Gasteiger partial charge in [-0.25, -0.2) is 4.79 Å². The molecule has 0 saturated carbocycles. The molecule has 4 nitrogen and oxygen atoms in total. The maximum absolute atomic E-state index is 12.4. The zero-order valence-corrected chi connectivity index (χ0v) is 11.1. The Hall–Kier alpha value is -2.62. The van der Waals surface area contributed by atoms with Crippen LogP contribution >= 0.6 is 0 Å². The zero-order valence-electron chi connectivity index (χ0n) is 11.1. The molecule has 0 unspecified atom stereocenters. The minimum Gasteiger partial charge on any atom is -0.351 e. The van der Waals surface area contributed by atoms with Crippen molar-refractivity contribution >= 4 is 23.2 Å². The summed E-state index contributed by atoms with van der Waals surface area (Å²) in [5.41, 5.74) is 9.09.